The number of rotatable bonds is 7. The van der Waals surface area contributed by atoms with Crippen molar-refractivity contribution in [1.29, 1.82) is 0 Å². The van der Waals surface area contributed by atoms with E-state index < -0.39 is 6.29 Å². The van der Waals surface area contributed by atoms with Gasteiger partial charge in [0.1, 0.15) is 0 Å². The summed E-state index contributed by atoms with van der Waals surface area (Å²) in [7, 11) is 4.66. The van der Waals surface area contributed by atoms with E-state index in [2.05, 4.69) is 20.8 Å². The van der Waals surface area contributed by atoms with Gasteiger partial charge in [-0.3, -0.25) is 4.79 Å². The maximum absolute atomic E-state index is 11.1. The number of methoxy groups -OCH3 is 2. The summed E-state index contributed by atoms with van der Waals surface area (Å²) in [5.74, 6) is 0.182. The predicted octanol–water partition coefficient (Wildman–Crippen LogP) is -0.870. The number of amides is 1. The fourth-order valence-corrected chi connectivity index (χ4v) is 1.76. The van der Waals surface area contributed by atoms with Crippen LogP contribution in [0.5, 0.6) is 0 Å². The highest BCUT2D eigenvalue weighted by Crippen LogP contribution is 2.13. The van der Waals surface area contributed by atoms with Crippen molar-refractivity contribution in [2.24, 2.45) is 0 Å². The van der Waals surface area contributed by atoms with Gasteiger partial charge in [0.05, 0.1) is 12.3 Å². The highest BCUT2D eigenvalue weighted by Gasteiger charge is 2.13. The molecule has 0 aliphatic heterocycles. The van der Waals surface area contributed by atoms with E-state index >= 15 is 0 Å². The quantitative estimate of drug-likeness (QED) is 0.504. The summed E-state index contributed by atoms with van der Waals surface area (Å²) in [6, 6.07) is 0. The van der Waals surface area contributed by atoms with Gasteiger partial charge in [0, 0.05) is 21.3 Å². The minimum atomic E-state index is -0.419. The highest BCUT2D eigenvalue weighted by molar-refractivity contribution is 7.99. The Labute approximate surface area is 103 Å². The predicted molar refractivity (Wildman–Crippen MR) is 60.4 cm³/mol. The van der Waals surface area contributed by atoms with Gasteiger partial charge in [-0.05, 0) is 10.4 Å². The van der Waals surface area contributed by atoms with E-state index in [1.54, 1.807) is 7.05 Å². The molecule has 0 saturated carbocycles. The first kappa shape index (κ1) is 13.9. The number of nitrogens with zero attached hydrogens (tertiary/aromatic N) is 4. The molecule has 0 fully saturated rings. The van der Waals surface area contributed by atoms with E-state index in [4.69, 9.17) is 9.47 Å². The van der Waals surface area contributed by atoms with Gasteiger partial charge in [-0.2, -0.15) is 0 Å². The minimum absolute atomic E-state index is 0.0837. The SMILES string of the molecule is CNC(=O)CSc1nnnn1CC(OC)OC. The second-order valence-corrected chi connectivity index (χ2v) is 3.95. The molecule has 1 aromatic heterocycles. The van der Waals surface area contributed by atoms with Gasteiger partial charge >= 0.3 is 0 Å². The van der Waals surface area contributed by atoms with Gasteiger partial charge in [0.2, 0.25) is 11.1 Å². The normalized spacial score (nSPS) is 10.8. The summed E-state index contributed by atoms with van der Waals surface area (Å²) in [5, 5.41) is 14.2. The van der Waals surface area contributed by atoms with Crippen molar-refractivity contribution in [3.8, 4) is 0 Å². The Balaban J connectivity index is 2.56. The Morgan fingerprint density at radius 2 is 2.24 bits per heavy atom. The number of tetrazole rings is 1. The molecule has 1 N–H and O–H groups in total. The summed E-state index contributed by atoms with van der Waals surface area (Å²) in [6.45, 7) is 0.371. The second kappa shape index (κ2) is 7.20. The van der Waals surface area contributed by atoms with Crippen molar-refractivity contribution < 1.29 is 14.3 Å². The number of aromatic nitrogens is 4. The molecule has 8 nitrogen and oxygen atoms in total. The summed E-state index contributed by atoms with van der Waals surface area (Å²) >= 11 is 1.25. The molecule has 1 aromatic rings. The lowest BCUT2D eigenvalue weighted by atomic mass is 10.6. The molecule has 0 unspecified atom stereocenters. The molecule has 0 bridgehead atoms. The van der Waals surface area contributed by atoms with Gasteiger partial charge in [-0.15, -0.1) is 5.10 Å². The van der Waals surface area contributed by atoms with Crippen LogP contribution < -0.4 is 5.32 Å². The third-order valence-electron chi connectivity index (χ3n) is 1.96. The molecule has 0 aliphatic rings. The molecule has 1 heterocycles. The molecule has 1 rings (SSSR count). The zero-order chi connectivity index (χ0) is 12.7. The van der Waals surface area contributed by atoms with Crippen molar-refractivity contribution in [3.63, 3.8) is 0 Å². The Morgan fingerprint density at radius 1 is 1.53 bits per heavy atom. The third kappa shape index (κ3) is 4.29. The van der Waals surface area contributed by atoms with Crippen molar-refractivity contribution in [2.75, 3.05) is 27.0 Å². The van der Waals surface area contributed by atoms with Crippen LogP contribution in [-0.4, -0.2) is 59.4 Å². The summed E-state index contributed by atoms with van der Waals surface area (Å²) in [6.07, 6.45) is -0.419. The second-order valence-electron chi connectivity index (χ2n) is 3.01. The summed E-state index contributed by atoms with van der Waals surface area (Å²) in [5.41, 5.74) is 0. The number of thioether (sulfide) groups is 1. The number of hydrogen-bond acceptors (Lipinski definition) is 7. The topological polar surface area (TPSA) is 91.2 Å². The summed E-state index contributed by atoms with van der Waals surface area (Å²) < 4.78 is 11.6. The Kier molecular flexibility index (Phi) is 5.87. The number of carbonyl (C=O) groups excluding carboxylic acids is 1. The van der Waals surface area contributed by atoms with Gasteiger partial charge in [-0.25, -0.2) is 4.68 Å². The van der Waals surface area contributed by atoms with Gasteiger partial charge in [0.25, 0.3) is 0 Å². The smallest absolute Gasteiger partial charge is 0.230 e. The average molecular weight is 261 g/mol. The zero-order valence-corrected chi connectivity index (χ0v) is 10.7. The maximum Gasteiger partial charge on any atom is 0.230 e. The van der Waals surface area contributed by atoms with Crippen molar-refractivity contribution in [1.82, 2.24) is 25.5 Å². The molecule has 0 spiro atoms. The minimum Gasteiger partial charge on any atom is -0.358 e. The van der Waals surface area contributed by atoms with E-state index in [1.807, 2.05) is 0 Å². The van der Waals surface area contributed by atoms with E-state index in [-0.39, 0.29) is 11.7 Å². The van der Waals surface area contributed by atoms with Crippen LogP contribution in [0.1, 0.15) is 0 Å². The van der Waals surface area contributed by atoms with Crippen LogP contribution in [0.25, 0.3) is 0 Å². The van der Waals surface area contributed by atoms with E-state index in [1.165, 1.54) is 30.7 Å². The van der Waals surface area contributed by atoms with Crippen LogP contribution in [0.15, 0.2) is 5.16 Å². The van der Waals surface area contributed by atoms with Crippen LogP contribution >= 0.6 is 11.8 Å². The Morgan fingerprint density at radius 3 is 2.82 bits per heavy atom. The van der Waals surface area contributed by atoms with Crippen molar-refractivity contribution in [2.45, 2.75) is 18.0 Å². The number of hydrogen-bond donors (Lipinski definition) is 1. The first-order valence-electron chi connectivity index (χ1n) is 4.86. The number of nitrogens with one attached hydrogen (secondary N) is 1. The van der Waals surface area contributed by atoms with E-state index in [0.29, 0.717) is 11.7 Å². The maximum atomic E-state index is 11.1. The van der Waals surface area contributed by atoms with Crippen LogP contribution in [0.3, 0.4) is 0 Å². The first-order chi connectivity index (χ1) is 8.21. The number of carbonyl (C=O) groups is 1. The van der Waals surface area contributed by atoms with Crippen molar-refractivity contribution >= 4 is 17.7 Å². The molecular weight excluding hydrogens is 246 g/mol. The average Bonchev–Trinajstić information content (AvgIpc) is 2.80. The molecular formula is C8H15N5O3S. The van der Waals surface area contributed by atoms with Crippen LogP contribution in [0.4, 0.5) is 0 Å². The fourth-order valence-electron chi connectivity index (χ4n) is 1.00. The van der Waals surface area contributed by atoms with Crippen LogP contribution in [-0.2, 0) is 20.8 Å². The Bertz CT molecular complexity index is 355. The molecule has 0 aliphatic carbocycles. The third-order valence-corrected chi connectivity index (χ3v) is 2.92. The van der Waals surface area contributed by atoms with Gasteiger partial charge < -0.3 is 14.8 Å². The molecule has 1 amide bonds. The lowest BCUT2D eigenvalue weighted by Crippen LogP contribution is -2.23. The van der Waals surface area contributed by atoms with E-state index in [9.17, 15) is 4.79 Å². The monoisotopic (exact) mass is 261 g/mol. The standard InChI is InChI=1S/C8H15N5O3S/c1-9-6(14)5-17-8-10-11-12-13(8)4-7(15-2)16-3/h7H,4-5H2,1-3H3,(H,9,14). The van der Waals surface area contributed by atoms with Crippen LogP contribution in [0, 0.1) is 0 Å². The largest absolute Gasteiger partial charge is 0.358 e. The van der Waals surface area contributed by atoms with Gasteiger partial charge in [-0.1, -0.05) is 11.8 Å². The molecule has 9 heteroatoms. The molecule has 96 valence electrons. The van der Waals surface area contributed by atoms with E-state index in [0.717, 1.165) is 0 Å². The number of ether oxygens (including phenoxy) is 2. The molecule has 17 heavy (non-hydrogen) atoms. The zero-order valence-electron chi connectivity index (χ0n) is 9.91. The highest BCUT2D eigenvalue weighted by atomic mass is 32.2. The molecule has 0 atom stereocenters. The van der Waals surface area contributed by atoms with Crippen molar-refractivity contribution in [3.05, 3.63) is 0 Å². The Hall–Kier alpha value is -1.19. The molecule has 0 radical (unpaired) electrons. The molecule has 0 aromatic carbocycles. The van der Waals surface area contributed by atoms with Gasteiger partial charge in [0.15, 0.2) is 6.29 Å². The lowest BCUT2D eigenvalue weighted by Gasteiger charge is -2.13. The summed E-state index contributed by atoms with van der Waals surface area (Å²) in [4.78, 5) is 11.1. The van der Waals surface area contributed by atoms with Crippen LogP contribution in [0.2, 0.25) is 0 Å². The molecule has 0 saturated heterocycles. The fraction of sp³-hybridized carbons (Fsp3) is 0.750. The first-order valence-corrected chi connectivity index (χ1v) is 5.85. The lowest BCUT2D eigenvalue weighted by molar-refractivity contribution is -0.118.